The molecule has 0 aliphatic carbocycles. The molecule has 82 valence electrons. The zero-order chi connectivity index (χ0) is 10.8. The lowest BCUT2D eigenvalue weighted by Gasteiger charge is -2.20. The Labute approximate surface area is 102 Å². The minimum atomic E-state index is 0.174. The number of carbonyl (C=O) groups is 1. The summed E-state index contributed by atoms with van der Waals surface area (Å²) >= 11 is 5.05. The van der Waals surface area contributed by atoms with E-state index in [2.05, 4.69) is 21.2 Å². The quantitative estimate of drug-likeness (QED) is 0.848. The maximum Gasteiger partial charge on any atom is 0.178 e. The van der Waals surface area contributed by atoms with E-state index in [-0.39, 0.29) is 5.92 Å². The first-order valence-electron chi connectivity index (χ1n) is 5.19. The van der Waals surface area contributed by atoms with Crippen molar-refractivity contribution >= 4 is 33.0 Å². The van der Waals surface area contributed by atoms with E-state index in [1.807, 2.05) is 13.0 Å². The van der Waals surface area contributed by atoms with Gasteiger partial charge in [0.15, 0.2) is 5.78 Å². The van der Waals surface area contributed by atoms with E-state index in [0.717, 1.165) is 35.3 Å². The van der Waals surface area contributed by atoms with E-state index in [1.54, 1.807) is 11.3 Å². The molecule has 0 bridgehead atoms. The molecule has 1 aliphatic heterocycles. The van der Waals surface area contributed by atoms with Crippen LogP contribution in [0.15, 0.2) is 10.5 Å². The van der Waals surface area contributed by atoms with Crippen LogP contribution in [0, 0.1) is 12.8 Å². The maximum atomic E-state index is 12.2. The van der Waals surface area contributed by atoms with E-state index in [9.17, 15) is 4.79 Å². The Morgan fingerprint density at radius 1 is 1.67 bits per heavy atom. The highest BCUT2D eigenvalue weighted by Crippen LogP contribution is 2.30. The summed E-state index contributed by atoms with van der Waals surface area (Å²) in [6.45, 7) is 3.92. The number of carbonyl (C=O) groups excluding carboxylic acids is 1. The van der Waals surface area contributed by atoms with E-state index in [1.165, 1.54) is 4.88 Å². The van der Waals surface area contributed by atoms with Crippen molar-refractivity contribution in [3.8, 4) is 0 Å². The smallest absolute Gasteiger partial charge is 0.178 e. The summed E-state index contributed by atoms with van der Waals surface area (Å²) < 4.78 is 0.959. The van der Waals surface area contributed by atoms with E-state index in [0.29, 0.717) is 5.78 Å². The fourth-order valence-electron chi connectivity index (χ4n) is 1.91. The normalized spacial score (nSPS) is 21.6. The van der Waals surface area contributed by atoms with Crippen LogP contribution >= 0.6 is 27.3 Å². The molecule has 1 aromatic rings. The summed E-state index contributed by atoms with van der Waals surface area (Å²) in [5.74, 6) is 0.472. The topological polar surface area (TPSA) is 29.1 Å². The number of ketones is 1. The molecule has 1 N–H and O–H groups in total. The van der Waals surface area contributed by atoms with Gasteiger partial charge < -0.3 is 5.32 Å². The van der Waals surface area contributed by atoms with Gasteiger partial charge in [-0.2, -0.15) is 0 Å². The standard InChI is InChI=1S/C11H14BrNOS/c1-7-5-9(12)11(15-7)10(14)8-3-2-4-13-6-8/h5,8,13H,2-4,6H2,1H3. The van der Waals surface area contributed by atoms with Gasteiger partial charge in [0.2, 0.25) is 0 Å². The molecule has 0 radical (unpaired) electrons. The van der Waals surface area contributed by atoms with Crippen molar-refractivity contribution in [3.63, 3.8) is 0 Å². The predicted molar refractivity (Wildman–Crippen MR) is 66.7 cm³/mol. The minimum absolute atomic E-state index is 0.174. The van der Waals surface area contributed by atoms with Crippen LogP contribution in [-0.2, 0) is 0 Å². The first kappa shape index (κ1) is 11.3. The fourth-order valence-corrected chi connectivity index (χ4v) is 3.77. The Kier molecular flexibility index (Phi) is 3.59. The van der Waals surface area contributed by atoms with E-state index < -0.39 is 0 Å². The summed E-state index contributed by atoms with van der Waals surface area (Å²) in [5, 5.41) is 3.28. The van der Waals surface area contributed by atoms with Gasteiger partial charge in [-0.05, 0) is 48.3 Å². The summed E-state index contributed by atoms with van der Waals surface area (Å²) in [6.07, 6.45) is 2.13. The second-order valence-electron chi connectivity index (χ2n) is 3.94. The minimum Gasteiger partial charge on any atom is -0.316 e. The number of halogens is 1. The number of nitrogens with one attached hydrogen (secondary N) is 1. The van der Waals surface area contributed by atoms with Crippen molar-refractivity contribution < 1.29 is 4.79 Å². The Balaban J connectivity index is 2.16. The molecule has 0 saturated carbocycles. The molecule has 0 aromatic carbocycles. The van der Waals surface area contributed by atoms with Crippen LogP contribution in [0.1, 0.15) is 27.4 Å². The van der Waals surface area contributed by atoms with Crippen molar-refractivity contribution in [1.29, 1.82) is 0 Å². The zero-order valence-electron chi connectivity index (χ0n) is 8.68. The molecule has 15 heavy (non-hydrogen) atoms. The van der Waals surface area contributed by atoms with Crippen LogP contribution in [0.5, 0.6) is 0 Å². The van der Waals surface area contributed by atoms with Crippen molar-refractivity contribution in [1.82, 2.24) is 5.32 Å². The molecule has 1 aliphatic rings. The fraction of sp³-hybridized carbons (Fsp3) is 0.545. The zero-order valence-corrected chi connectivity index (χ0v) is 11.1. The molecule has 1 atom stereocenters. The third kappa shape index (κ3) is 2.49. The van der Waals surface area contributed by atoms with Crippen LogP contribution in [0.25, 0.3) is 0 Å². The lowest BCUT2D eigenvalue weighted by molar-refractivity contribution is 0.0903. The molecule has 2 heterocycles. The van der Waals surface area contributed by atoms with Crippen molar-refractivity contribution in [2.45, 2.75) is 19.8 Å². The summed E-state index contributed by atoms with van der Waals surface area (Å²) in [5.41, 5.74) is 0. The Hall–Kier alpha value is -0.190. The third-order valence-electron chi connectivity index (χ3n) is 2.70. The van der Waals surface area contributed by atoms with Gasteiger partial charge in [0.05, 0.1) is 4.88 Å². The number of hydrogen-bond acceptors (Lipinski definition) is 3. The van der Waals surface area contributed by atoms with E-state index in [4.69, 9.17) is 0 Å². The van der Waals surface area contributed by atoms with E-state index >= 15 is 0 Å². The maximum absolute atomic E-state index is 12.2. The van der Waals surface area contributed by atoms with Gasteiger partial charge >= 0.3 is 0 Å². The first-order valence-corrected chi connectivity index (χ1v) is 6.80. The monoisotopic (exact) mass is 287 g/mol. The van der Waals surface area contributed by atoms with Crippen LogP contribution in [-0.4, -0.2) is 18.9 Å². The number of hydrogen-bond donors (Lipinski definition) is 1. The first-order chi connectivity index (χ1) is 7.18. The largest absolute Gasteiger partial charge is 0.316 e. The molecule has 1 unspecified atom stereocenters. The highest BCUT2D eigenvalue weighted by molar-refractivity contribution is 9.10. The summed E-state index contributed by atoms with van der Waals surface area (Å²) in [6, 6.07) is 2.02. The van der Waals surface area contributed by atoms with Gasteiger partial charge in [0.1, 0.15) is 0 Å². The number of aryl methyl sites for hydroxylation is 1. The molecule has 0 spiro atoms. The Morgan fingerprint density at radius 2 is 2.47 bits per heavy atom. The van der Waals surface area contributed by atoms with Gasteiger partial charge in [-0.3, -0.25) is 4.79 Å². The second kappa shape index (κ2) is 4.76. The Morgan fingerprint density at radius 3 is 3.00 bits per heavy atom. The number of rotatable bonds is 2. The molecule has 1 fully saturated rings. The molecule has 2 rings (SSSR count). The highest BCUT2D eigenvalue weighted by atomic mass is 79.9. The van der Waals surface area contributed by atoms with Crippen molar-refractivity contribution in [2.24, 2.45) is 5.92 Å². The van der Waals surface area contributed by atoms with Crippen LogP contribution in [0.2, 0.25) is 0 Å². The van der Waals surface area contributed by atoms with Gasteiger partial charge in [0, 0.05) is 21.8 Å². The van der Waals surface area contributed by atoms with Crippen molar-refractivity contribution in [3.05, 3.63) is 20.3 Å². The SMILES string of the molecule is Cc1cc(Br)c(C(=O)C2CCCNC2)s1. The van der Waals surface area contributed by atoms with Gasteiger partial charge in [-0.25, -0.2) is 0 Å². The number of thiophene rings is 1. The summed E-state index contributed by atoms with van der Waals surface area (Å²) in [7, 11) is 0. The number of piperidine rings is 1. The highest BCUT2D eigenvalue weighted by Gasteiger charge is 2.24. The van der Waals surface area contributed by atoms with Gasteiger partial charge in [-0.15, -0.1) is 11.3 Å². The molecule has 2 nitrogen and oxygen atoms in total. The lowest BCUT2D eigenvalue weighted by Crippen LogP contribution is -2.34. The summed E-state index contributed by atoms with van der Waals surface area (Å²) in [4.78, 5) is 14.3. The van der Waals surface area contributed by atoms with Crippen LogP contribution in [0.4, 0.5) is 0 Å². The average Bonchev–Trinajstić information content (AvgIpc) is 2.58. The van der Waals surface area contributed by atoms with Crippen molar-refractivity contribution in [2.75, 3.05) is 13.1 Å². The molecule has 0 amide bonds. The van der Waals surface area contributed by atoms with Crippen LogP contribution < -0.4 is 5.32 Å². The molecule has 1 saturated heterocycles. The number of Topliss-reactive ketones (excluding diaryl/α,β-unsaturated/α-hetero) is 1. The molecular formula is C11H14BrNOS. The average molecular weight is 288 g/mol. The lowest BCUT2D eigenvalue weighted by atomic mass is 9.94. The second-order valence-corrected chi connectivity index (χ2v) is 6.05. The Bertz CT molecular complexity index is 369. The molecule has 4 heteroatoms. The third-order valence-corrected chi connectivity index (χ3v) is 4.65. The van der Waals surface area contributed by atoms with Gasteiger partial charge in [-0.1, -0.05) is 0 Å². The predicted octanol–water partition coefficient (Wildman–Crippen LogP) is 3.00. The van der Waals surface area contributed by atoms with Crippen LogP contribution in [0.3, 0.4) is 0 Å². The van der Waals surface area contributed by atoms with Gasteiger partial charge in [0.25, 0.3) is 0 Å². The molecular weight excluding hydrogens is 274 g/mol. The molecule has 1 aromatic heterocycles.